The van der Waals surface area contributed by atoms with Gasteiger partial charge in [-0.1, -0.05) is 13.8 Å². The maximum absolute atomic E-state index is 12.2. The van der Waals surface area contributed by atoms with Gasteiger partial charge in [0.15, 0.2) is 0 Å². The van der Waals surface area contributed by atoms with Gasteiger partial charge in [-0.25, -0.2) is 8.42 Å². The van der Waals surface area contributed by atoms with Crippen molar-refractivity contribution in [1.82, 2.24) is 0 Å². The summed E-state index contributed by atoms with van der Waals surface area (Å²) in [7, 11) is -3.47. The average Bonchev–Trinajstić information content (AvgIpc) is 3.26. The molecule has 0 bridgehead atoms. The molecular formula is C17H21N3O4S2. The lowest BCUT2D eigenvalue weighted by Gasteiger charge is -2.11. The van der Waals surface area contributed by atoms with Crippen LogP contribution >= 0.6 is 11.3 Å². The zero-order chi connectivity index (χ0) is 19.2. The molecule has 1 heterocycles. The van der Waals surface area contributed by atoms with Gasteiger partial charge in [-0.15, -0.1) is 11.3 Å². The Kier molecular flexibility index (Phi) is 4.70. The molecule has 0 radical (unpaired) electrons. The average molecular weight is 396 g/mol. The number of anilines is 2. The van der Waals surface area contributed by atoms with Gasteiger partial charge in [0.1, 0.15) is 5.00 Å². The van der Waals surface area contributed by atoms with Crippen LogP contribution in [-0.4, -0.2) is 26.5 Å². The van der Waals surface area contributed by atoms with Gasteiger partial charge in [0, 0.05) is 21.7 Å². The number of fused-ring (bicyclic) bond motifs is 1. The van der Waals surface area contributed by atoms with Crippen LogP contribution in [0.3, 0.4) is 0 Å². The van der Waals surface area contributed by atoms with Crippen molar-refractivity contribution in [1.29, 1.82) is 0 Å². The molecular weight excluding hydrogens is 374 g/mol. The van der Waals surface area contributed by atoms with Crippen molar-refractivity contribution in [3.63, 3.8) is 0 Å². The number of amides is 2. The number of carbonyl (C=O) groups excluding carboxylic acids is 2. The monoisotopic (exact) mass is 395 g/mol. The molecule has 1 saturated carbocycles. The second-order valence-electron chi connectivity index (χ2n) is 6.91. The molecule has 0 saturated heterocycles. The van der Waals surface area contributed by atoms with E-state index in [0.29, 0.717) is 16.1 Å². The molecule has 1 aromatic heterocycles. The molecule has 1 aromatic carbocycles. The minimum Gasteiger partial charge on any atom is -0.365 e. The summed E-state index contributed by atoms with van der Waals surface area (Å²) in [5.74, 6) is -0.689. The number of nitrogens with two attached hydrogens (primary N) is 1. The third kappa shape index (κ3) is 3.83. The first kappa shape index (κ1) is 18.7. The summed E-state index contributed by atoms with van der Waals surface area (Å²) in [5.41, 5.74) is 7.04. The maximum atomic E-state index is 12.2. The number of sulfonamides is 1. The largest absolute Gasteiger partial charge is 0.365 e. The highest BCUT2D eigenvalue weighted by molar-refractivity contribution is 7.92. The minimum atomic E-state index is -3.47. The molecule has 0 spiro atoms. The van der Waals surface area contributed by atoms with E-state index in [4.69, 9.17) is 5.73 Å². The number of benzene rings is 1. The molecule has 9 heteroatoms. The molecule has 2 amide bonds. The summed E-state index contributed by atoms with van der Waals surface area (Å²) in [5, 5.41) is 3.78. The van der Waals surface area contributed by atoms with E-state index >= 15 is 0 Å². The van der Waals surface area contributed by atoms with Crippen LogP contribution in [0.4, 0.5) is 10.7 Å². The fourth-order valence-electron chi connectivity index (χ4n) is 2.82. The molecule has 26 heavy (non-hydrogen) atoms. The summed E-state index contributed by atoms with van der Waals surface area (Å²) < 4.78 is 26.5. The van der Waals surface area contributed by atoms with Crippen molar-refractivity contribution in [3.05, 3.63) is 23.3 Å². The van der Waals surface area contributed by atoms with Gasteiger partial charge in [0.25, 0.3) is 5.91 Å². The summed E-state index contributed by atoms with van der Waals surface area (Å²) >= 11 is 1.30. The SMILES string of the molecule is CC(C)c1cc(NS(C)(=O)=O)cc2c(C(N)=O)c(NC(=O)C3CC3)sc12. The van der Waals surface area contributed by atoms with Crippen LogP contribution in [0.5, 0.6) is 0 Å². The molecule has 3 rings (SSSR count). The van der Waals surface area contributed by atoms with Gasteiger partial charge >= 0.3 is 0 Å². The predicted octanol–water partition coefficient (Wildman–Crippen LogP) is 2.84. The van der Waals surface area contributed by atoms with E-state index in [2.05, 4.69) is 10.0 Å². The summed E-state index contributed by atoms with van der Waals surface area (Å²) in [6, 6.07) is 3.34. The first-order valence-electron chi connectivity index (χ1n) is 8.25. The Morgan fingerprint density at radius 3 is 2.42 bits per heavy atom. The smallest absolute Gasteiger partial charge is 0.252 e. The Morgan fingerprint density at radius 2 is 1.92 bits per heavy atom. The zero-order valence-electron chi connectivity index (χ0n) is 14.8. The Bertz CT molecular complexity index is 1000. The lowest BCUT2D eigenvalue weighted by atomic mass is 9.99. The molecule has 0 aliphatic heterocycles. The number of hydrogen-bond donors (Lipinski definition) is 3. The molecule has 4 N–H and O–H groups in total. The van der Waals surface area contributed by atoms with Crippen LogP contribution in [0, 0.1) is 5.92 Å². The minimum absolute atomic E-state index is 0.00651. The molecule has 1 fully saturated rings. The fourth-order valence-corrected chi connectivity index (χ4v) is 4.72. The van der Waals surface area contributed by atoms with Crippen LogP contribution in [0.2, 0.25) is 0 Å². The standard InChI is InChI=1S/C17H21N3O4S2/c1-8(2)11-6-10(20-26(3,23)24)7-12-13(15(18)21)17(25-14(11)12)19-16(22)9-4-5-9/h6-9,20H,4-5H2,1-3H3,(H2,18,21)(H,19,22). The highest BCUT2D eigenvalue weighted by Crippen LogP contribution is 2.42. The van der Waals surface area contributed by atoms with Gasteiger partial charge in [0.05, 0.1) is 11.8 Å². The van der Waals surface area contributed by atoms with Gasteiger partial charge < -0.3 is 11.1 Å². The van der Waals surface area contributed by atoms with Crippen molar-refractivity contribution >= 4 is 53.9 Å². The first-order valence-corrected chi connectivity index (χ1v) is 11.0. The molecule has 7 nitrogen and oxygen atoms in total. The van der Waals surface area contributed by atoms with Gasteiger partial charge in [-0.05, 0) is 36.5 Å². The topological polar surface area (TPSA) is 118 Å². The number of carbonyl (C=O) groups is 2. The molecule has 1 aliphatic carbocycles. The van der Waals surface area contributed by atoms with Crippen molar-refractivity contribution in [2.75, 3.05) is 16.3 Å². The molecule has 0 unspecified atom stereocenters. The lowest BCUT2D eigenvalue weighted by molar-refractivity contribution is -0.117. The van der Waals surface area contributed by atoms with Crippen molar-refractivity contribution in [2.45, 2.75) is 32.6 Å². The van der Waals surface area contributed by atoms with E-state index in [1.807, 2.05) is 13.8 Å². The van der Waals surface area contributed by atoms with E-state index in [-0.39, 0.29) is 23.3 Å². The third-order valence-electron chi connectivity index (χ3n) is 4.17. The van der Waals surface area contributed by atoms with Crippen LogP contribution in [0.25, 0.3) is 10.1 Å². The highest BCUT2D eigenvalue weighted by Gasteiger charge is 2.31. The summed E-state index contributed by atoms with van der Waals surface area (Å²) in [6.45, 7) is 3.95. The fraction of sp³-hybridized carbons (Fsp3) is 0.412. The first-order chi connectivity index (χ1) is 12.1. The third-order valence-corrected chi connectivity index (χ3v) is 5.95. The van der Waals surface area contributed by atoms with Crippen molar-refractivity contribution in [2.24, 2.45) is 11.7 Å². The highest BCUT2D eigenvalue weighted by atomic mass is 32.2. The van der Waals surface area contributed by atoms with Gasteiger partial charge in [0.2, 0.25) is 15.9 Å². The Morgan fingerprint density at radius 1 is 1.27 bits per heavy atom. The Labute approximate surface area is 156 Å². The maximum Gasteiger partial charge on any atom is 0.252 e. The van der Waals surface area contributed by atoms with Gasteiger partial charge in [-0.2, -0.15) is 0 Å². The number of nitrogens with one attached hydrogen (secondary N) is 2. The quantitative estimate of drug-likeness (QED) is 0.697. The van der Waals surface area contributed by atoms with Crippen LogP contribution < -0.4 is 15.8 Å². The van der Waals surface area contributed by atoms with Crippen LogP contribution in [0.1, 0.15) is 48.5 Å². The lowest BCUT2D eigenvalue weighted by Crippen LogP contribution is -2.17. The number of thiophene rings is 1. The second-order valence-corrected chi connectivity index (χ2v) is 9.67. The van der Waals surface area contributed by atoms with Crippen LogP contribution in [0.15, 0.2) is 12.1 Å². The van der Waals surface area contributed by atoms with E-state index in [9.17, 15) is 18.0 Å². The van der Waals surface area contributed by atoms with Crippen molar-refractivity contribution in [3.8, 4) is 0 Å². The Balaban J connectivity index is 2.20. The molecule has 140 valence electrons. The van der Waals surface area contributed by atoms with Gasteiger partial charge in [-0.3, -0.25) is 14.3 Å². The van der Waals surface area contributed by atoms with E-state index in [1.54, 1.807) is 12.1 Å². The molecule has 1 aliphatic rings. The van der Waals surface area contributed by atoms with Crippen molar-refractivity contribution < 1.29 is 18.0 Å². The second kappa shape index (κ2) is 6.55. The Hall–Kier alpha value is -2.13. The normalized spacial score (nSPS) is 14.6. The van der Waals surface area contributed by atoms with E-state index < -0.39 is 15.9 Å². The number of primary amides is 1. The zero-order valence-corrected chi connectivity index (χ0v) is 16.4. The molecule has 2 aromatic rings. The van der Waals surface area contributed by atoms with E-state index in [0.717, 1.165) is 29.4 Å². The van der Waals surface area contributed by atoms with Crippen LogP contribution in [-0.2, 0) is 14.8 Å². The molecule has 0 atom stereocenters. The number of rotatable bonds is 6. The number of hydrogen-bond acceptors (Lipinski definition) is 5. The predicted molar refractivity (Wildman–Crippen MR) is 104 cm³/mol. The van der Waals surface area contributed by atoms with E-state index in [1.165, 1.54) is 11.3 Å². The summed E-state index contributed by atoms with van der Waals surface area (Å²) in [4.78, 5) is 24.2. The summed E-state index contributed by atoms with van der Waals surface area (Å²) in [6.07, 6.45) is 2.76.